The third-order valence-corrected chi connectivity index (χ3v) is 6.91. The topological polar surface area (TPSA) is 114 Å². The fourth-order valence-corrected chi connectivity index (χ4v) is 5.31. The maximum atomic E-state index is 13.3. The van der Waals surface area contributed by atoms with E-state index < -0.39 is 6.03 Å². The molecule has 1 unspecified atom stereocenters. The van der Waals surface area contributed by atoms with E-state index in [2.05, 4.69) is 20.9 Å². The number of nitrogen functional groups attached to an aromatic ring is 1. The first-order chi connectivity index (χ1) is 16.4. The van der Waals surface area contributed by atoms with Crippen LogP contribution in [0, 0.1) is 12.7 Å². The number of piperazine rings is 1. The maximum Gasteiger partial charge on any atom is 0.315 e. The van der Waals surface area contributed by atoms with E-state index in [-0.39, 0.29) is 17.8 Å². The molecule has 1 atom stereocenters. The van der Waals surface area contributed by atoms with Gasteiger partial charge in [-0.25, -0.2) is 19.2 Å². The Hall–Kier alpha value is -3.79. The van der Waals surface area contributed by atoms with Crippen LogP contribution in [0.25, 0.3) is 10.3 Å². The van der Waals surface area contributed by atoms with Gasteiger partial charge < -0.3 is 21.3 Å². The van der Waals surface area contributed by atoms with Crippen molar-refractivity contribution in [2.75, 3.05) is 30.3 Å². The third kappa shape index (κ3) is 4.36. The molecule has 34 heavy (non-hydrogen) atoms. The van der Waals surface area contributed by atoms with Crippen molar-refractivity contribution in [1.82, 2.24) is 19.9 Å². The van der Waals surface area contributed by atoms with Crippen LogP contribution in [0.2, 0.25) is 0 Å². The van der Waals surface area contributed by atoms with Gasteiger partial charge in [-0.15, -0.1) is 0 Å². The summed E-state index contributed by atoms with van der Waals surface area (Å²) in [5.74, 6) is 0.544. The molecule has 2 amide bonds. The smallest absolute Gasteiger partial charge is 0.315 e. The Bertz CT molecular complexity index is 1360. The Labute approximate surface area is 200 Å². The molecule has 0 bridgehead atoms. The highest BCUT2D eigenvalue weighted by molar-refractivity contribution is 7.18. The number of rotatable bonds is 4. The van der Waals surface area contributed by atoms with Gasteiger partial charge in [0.1, 0.15) is 11.3 Å². The van der Waals surface area contributed by atoms with Crippen LogP contribution < -0.4 is 16.4 Å². The molecule has 2 aromatic carbocycles. The molecule has 174 valence electrons. The number of halogens is 1. The van der Waals surface area contributed by atoms with Crippen molar-refractivity contribution >= 4 is 39.5 Å². The number of carbonyl (C=O) groups is 1. The molecule has 4 N–H and O–H groups in total. The number of carbonyl (C=O) groups excluding carboxylic acids is 1. The molecule has 5 rings (SSSR count). The number of amides is 2. The van der Waals surface area contributed by atoms with Gasteiger partial charge in [0.2, 0.25) is 5.95 Å². The molecule has 1 saturated heterocycles. The van der Waals surface area contributed by atoms with Crippen molar-refractivity contribution in [1.29, 1.82) is 0 Å². The fraction of sp³-hybridized carbons (Fsp3) is 0.250. The fourth-order valence-electron chi connectivity index (χ4n) is 4.34. The van der Waals surface area contributed by atoms with Gasteiger partial charge in [0, 0.05) is 26.1 Å². The van der Waals surface area contributed by atoms with Gasteiger partial charge >= 0.3 is 6.03 Å². The molecule has 8 nitrogen and oxygen atoms in total. The number of urea groups is 1. The molecule has 0 aliphatic carbocycles. The van der Waals surface area contributed by atoms with Crippen LogP contribution in [-0.2, 0) is 6.42 Å². The first kappa shape index (κ1) is 22.0. The van der Waals surface area contributed by atoms with E-state index in [1.165, 1.54) is 23.5 Å². The lowest BCUT2D eigenvalue weighted by Gasteiger charge is -2.41. The van der Waals surface area contributed by atoms with Crippen molar-refractivity contribution in [2.45, 2.75) is 19.4 Å². The molecule has 4 aromatic rings. The molecule has 2 aromatic heterocycles. The monoisotopic (exact) mass is 477 g/mol. The van der Waals surface area contributed by atoms with E-state index in [4.69, 9.17) is 16.5 Å². The minimum Gasteiger partial charge on any atom is -0.368 e. The van der Waals surface area contributed by atoms with Crippen LogP contribution >= 0.6 is 11.3 Å². The molecular weight excluding hydrogens is 453 g/mol. The van der Waals surface area contributed by atoms with E-state index in [9.17, 15) is 9.18 Å². The number of aromatic nitrogens is 3. The molecule has 10 heteroatoms. The first-order valence-electron chi connectivity index (χ1n) is 10.9. The van der Waals surface area contributed by atoms with E-state index >= 15 is 0 Å². The summed E-state index contributed by atoms with van der Waals surface area (Å²) >= 11 is 1.45. The van der Waals surface area contributed by atoms with Gasteiger partial charge in [-0.3, -0.25) is 0 Å². The average Bonchev–Trinajstić information content (AvgIpc) is 3.21. The average molecular weight is 478 g/mol. The van der Waals surface area contributed by atoms with Crippen molar-refractivity contribution in [2.24, 2.45) is 5.73 Å². The lowest BCUT2D eigenvalue weighted by atomic mass is 10.0. The van der Waals surface area contributed by atoms with E-state index in [0.717, 1.165) is 21.7 Å². The Morgan fingerprint density at radius 3 is 2.68 bits per heavy atom. The maximum absolute atomic E-state index is 13.3. The molecule has 1 aliphatic rings. The Balaban J connectivity index is 1.49. The largest absolute Gasteiger partial charge is 0.368 e. The number of thiazole rings is 1. The number of anilines is 2. The number of hydrogen-bond donors (Lipinski definition) is 2. The molecule has 0 saturated carbocycles. The van der Waals surface area contributed by atoms with Gasteiger partial charge in [-0.1, -0.05) is 53.3 Å². The summed E-state index contributed by atoms with van der Waals surface area (Å²) in [6.45, 7) is 3.52. The zero-order chi connectivity index (χ0) is 23.8. The number of primary amides is 1. The van der Waals surface area contributed by atoms with Crippen LogP contribution in [0.15, 0.2) is 48.5 Å². The number of benzene rings is 2. The van der Waals surface area contributed by atoms with Crippen LogP contribution in [-0.4, -0.2) is 45.5 Å². The number of hydrogen-bond acceptors (Lipinski definition) is 7. The first-order valence-corrected chi connectivity index (χ1v) is 11.7. The zero-order valence-electron chi connectivity index (χ0n) is 18.6. The van der Waals surface area contributed by atoms with Gasteiger partial charge in [0.25, 0.3) is 0 Å². The standard InChI is InChI=1S/C24H24FN7OS/c1-14-3-2-4-16(11-14)18-13-31(9-10-32(18)24(27)33)21-20-22(30-23(26)29-21)34-19(28-20)12-15-5-7-17(25)8-6-15/h2-8,11,18H,9-10,12-13H2,1H3,(H2,27,33)(H2,26,29,30). The lowest BCUT2D eigenvalue weighted by molar-refractivity contribution is 0.175. The summed E-state index contributed by atoms with van der Waals surface area (Å²) in [6, 6.07) is 13.8. The van der Waals surface area contributed by atoms with Gasteiger partial charge in [-0.2, -0.15) is 4.98 Å². The second kappa shape index (κ2) is 8.86. The van der Waals surface area contributed by atoms with Crippen LogP contribution in [0.3, 0.4) is 0 Å². The Morgan fingerprint density at radius 1 is 1.15 bits per heavy atom. The summed E-state index contributed by atoms with van der Waals surface area (Å²) < 4.78 is 13.3. The predicted octanol–water partition coefficient (Wildman–Crippen LogP) is 3.65. The van der Waals surface area contributed by atoms with Crippen LogP contribution in [0.5, 0.6) is 0 Å². The summed E-state index contributed by atoms with van der Waals surface area (Å²) in [4.78, 5) is 30.4. The molecular formula is C24H24FN7OS. The number of fused-ring (bicyclic) bond motifs is 1. The summed E-state index contributed by atoms with van der Waals surface area (Å²) in [5.41, 5.74) is 15.5. The third-order valence-electron chi connectivity index (χ3n) is 5.96. The second-order valence-corrected chi connectivity index (χ2v) is 9.44. The van der Waals surface area contributed by atoms with E-state index in [1.54, 1.807) is 17.0 Å². The van der Waals surface area contributed by atoms with Gasteiger partial charge in [-0.05, 0) is 30.2 Å². The molecule has 0 spiro atoms. The quantitative estimate of drug-likeness (QED) is 0.464. The van der Waals surface area contributed by atoms with E-state index in [0.29, 0.717) is 42.2 Å². The second-order valence-electron chi connectivity index (χ2n) is 8.38. The van der Waals surface area contributed by atoms with Gasteiger partial charge in [0.05, 0.1) is 11.0 Å². The zero-order valence-corrected chi connectivity index (χ0v) is 19.4. The van der Waals surface area contributed by atoms with Crippen LogP contribution in [0.4, 0.5) is 21.0 Å². The molecule has 3 heterocycles. The summed E-state index contributed by atoms with van der Waals surface area (Å²) in [7, 11) is 0. The highest BCUT2D eigenvalue weighted by Gasteiger charge is 2.32. The molecule has 1 fully saturated rings. The van der Waals surface area contributed by atoms with Crippen molar-refractivity contribution < 1.29 is 9.18 Å². The molecule has 0 radical (unpaired) electrons. The summed E-state index contributed by atoms with van der Waals surface area (Å²) in [6.07, 6.45) is 0.558. The van der Waals surface area contributed by atoms with Crippen molar-refractivity contribution in [3.05, 3.63) is 76.0 Å². The predicted molar refractivity (Wildman–Crippen MR) is 131 cm³/mol. The van der Waals surface area contributed by atoms with Gasteiger partial charge in [0.15, 0.2) is 10.6 Å². The Morgan fingerprint density at radius 2 is 1.94 bits per heavy atom. The molecule has 1 aliphatic heterocycles. The number of nitrogens with two attached hydrogens (primary N) is 2. The van der Waals surface area contributed by atoms with Crippen LogP contribution in [0.1, 0.15) is 27.7 Å². The minimum atomic E-state index is -0.450. The normalized spacial score (nSPS) is 16.2. The lowest BCUT2D eigenvalue weighted by Crippen LogP contribution is -2.52. The Kier molecular flexibility index (Phi) is 5.74. The minimum absolute atomic E-state index is 0.170. The highest BCUT2D eigenvalue weighted by atomic mass is 32.1. The number of aryl methyl sites for hydroxylation is 1. The van der Waals surface area contributed by atoms with E-state index in [1.807, 2.05) is 25.1 Å². The SMILES string of the molecule is Cc1cccc(C2CN(c3nc(N)nc4sc(Cc5ccc(F)cc5)nc34)CCN2C(N)=O)c1. The highest BCUT2D eigenvalue weighted by Crippen LogP contribution is 2.34. The summed E-state index contributed by atoms with van der Waals surface area (Å²) in [5, 5.41) is 0.841. The number of nitrogens with zero attached hydrogens (tertiary/aromatic N) is 5. The van der Waals surface area contributed by atoms with Crippen molar-refractivity contribution in [3.8, 4) is 0 Å². The van der Waals surface area contributed by atoms with Crippen molar-refractivity contribution in [3.63, 3.8) is 0 Å².